The van der Waals surface area contributed by atoms with Crippen LogP contribution >= 0.6 is 12.4 Å². The summed E-state index contributed by atoms with van der Waals surface area (Å²) in [5, 5.41) is 10.3. The van der Waals surface area contributed by atoms with Crippen LogP contribution in [-0.2, 0) is 11.3 Å². The predicted octanol–water partition coefficient (Wildman–Crippen LogP) is 1.16. The number of nitrogens with two attached hydrogens (primary N) is 3. The molecule has 8 nitrogen and oxygen atoms in total. The van der Waals surface area contributed by atoms with Gasteiger partial charge in [-0.3, -0.25) is 15.0 Å². The van der Waals surface area contributed by atoms with Crippen LogP contribution in [0, 0.1) is 5.41 Å². The maximum atomic E-state index is 12.3. The van der Waals surface area contributed by atoms with Crippen LogP contribution < -0.4 is 27.3 Å². The van der Waals surface area contributed by atoms with Crippen LogP contribution in [0.1, 0.15) is 28.4 Å². The number of benzene rings is 2. The van der Waals surface area contributed by atoms with Gasteiger partial charge in [0.25, 0.3) is 11.8 Å². The molecule has 0 bridgehead atoms. The van der Waals surface area contributed by atoms with Crippen LogP contribution in [0.5, 0.6) is 5.75 Å². The number of carbonyl (C=O) groups excluding carboxylic acids is 2. The fourth-order valence-corrected chi connectivity index (χ4v) is 2.18. The lowest BCUT2D eigenvalue weighted by Gasteiger charge is -2.17. The van der Waals surface area contributed by atoms with Crippen LogP contribution in [0.3, 0.4) is 0 Å². The molecule has 2 aromatic rings. The highest BCUT2D eigenvalue weighted by atomic mass is 35.5. The fraction of sp³-hybridized carbons (Fsp3) is 0.167. The molecule has 0 aliphatic rings. The lowest BCUT2D eigenvalue weighted by molar-refractivity contribution is -0.124. The highest BCUT2D eigenvalue weighted by Crippen LogP contribution is 2.22. The number of halogens is 1. The zero-order valence-corrected chi connectivity index (χ0v) is 15.5. The summed E-state index contributed by atoms with van der Waals surface area (Å²) >= 11 is 0. The molecule has 0 heterocycles. The van der Waals surface area contributed by atoms with Gasteiger partial charge in [-0.05, 0) is 31.2 Å². The standard InChI is InChI=1S/C18H21N5O3.ClH/c1-10(17(22)24)26-15-8-11(16(20)21)5-6-13(15)9-23-18(25)12-3-2-4-14(19)7-12;/h2-8,10H,9,19H2,1H3,(H3,20,21)(H2,22,24)(H,23,25);1H. The Kier molecular flexibility index (Phi) is 7.62. The van der Waals surface area contributed by atoms with Gasteiger partial charge < -0.3 is 27.3 Å². The van der Waals surface area contributed by atoms with E-state index in [4.69, 9.17) is 27.3 Å². The van der Waals surface area contributed by atoms with Gasteiger partial charge >= 0.3 is 0 Å². The number of nitrogens with one attached hydrogen (secondary N) is 2. The maximum Gasteiger partial charge on any atom is 0.258 e. The van der Waals surface area contributed by atoms with Gasteiger partial charge in [0.15, 0.2) is 6.10 Å². The second-order valence-corrected chi connectivity index (χ2v) is 5.71. The number of amides is 2. The Labute approximate surface area is 163 Å². The quantitative estimate of drug-likeness (QED) is 0.272. The van der Waals surface area contributed by atoms with E-state index in [0.29, 0.717) is 28.1 Å². The molecule has 8 N–H and O–H groups in total. The van der Waals surface area contributed by atoms with E-state index in [0.717, 1.165) is 0 Å². The van der Waals surface area contributed by atoms with Crippen molar-refractivity contribution in [3.63, 3.8) is 0 Å². The monoisotopic (exact) mass is 391 g/mol. The lowest BCUT2D eigenvalue weighted by Crippen LogP contribution is -2.31. The number of rotatable bonds is 7. The van der Waals surface area contributed by atoms with Gasteiger partial charge in [0.1, 0.15) is 11.6 Å². The number of hydrogen-bond acceptors (Lipinski definition) is 5. The summed E-state index contributed by atoms with van der Waals surface area (Å²) in [6.07, 6.45) is -0.874. The molecule has 2 aromatic carbocycles. The minimum Gasteiger partial charge on any atom is -0.481 e. The summed E-state index contributed by atoms with van der Waals surface area (Å²) in [5.74, 6) is -0.761. The minimum absolute atomic E-state index is 0. The summed E-state index contributed by atoms with van der Waals surface area (Å²) in [5.41, 5.74) is 18.4. The number of primary amides is 1. The van der Waals surface area contributed by atoms with Gasteiger partial charge in [-0.25, -0.2) is 0 Å². The molecule has 0 saturated carbocycles. The van der Waals surface area contributed by atoms with Crippen LogP contribution in [0.15, 0.2) is 42.5 Å². The molecule has 0 aliphatic heterocycles. The Morgan fingerprint density at radius 1 is 1.15 bits per heavy atom. The van der Waals surface area contributed by atoms with Crippen LogP contribution in [0.2, 0.25) is 0 Å². The van der Waals surface area contributed by atoms with Crippen molar-refractivity contribution in [2.24, 2.45) is 11.5 Å². The smallest absolute Gasteiger partial charge is 0.258 e. The SMILES string of the molecule is CC(Oc1cc(C(=N)N)ccc1CNC(=O)c1cccc(N)c1)C(N)=O.Cl. The first kappa shape index (κ1) is 21.8. The number of hydrogen-bond donors (Lipinski definition) is 5. The van der Waals surface area contributed by atoms with Crippen molar-refractivity contribution < 1.29 is 14.3 Å². The molecular weight excluding hydrogens is 370 g/mol. The Hall–Kier alpha value is -3.26. The van der Waals surface area contributed by atoms with Gasteiger partial charge in [-0.2, -0.15) is 0 Å². The van der Waals surface area contributed by atoms with Crippen LogP contribution in [-0.4, -0.2) is 23.8 Å². The van der Waals surface area contributed by atoms with Crippen molar-refractivity contribution in [3.05, 3.63) is 59.2 Å². The number of amidine groups is 1. The largest absolute Gasteiger partial charge is 0.481 e. The van der Waals surface area contributed by atoms with E-state index in [9.17, 15) is 9.59 Å². The normalized spacial score (nSPS) is 11.0. The zero-order chi connectivity index (χ0) is 19.3. The van der Waals surface area contributed by atoms with E-state index in [1.54, 1.807) is 36.4 Å². The molecule has 144 valence electrons. The number of anilines is 1. The van der Waals surface area contributed by atoms with E-state index in [-0.39, 0.29) is 30.7 Å². The highest BCUT2D eigenvalue weighted by molar-refractivity contribution is 5.96. The van der Waals surface area contributed by atoms with Crippen molar-refractivity contribution in [1.82, 2.24) is 5.32 Å². The first-order valence-corrected chi connectivity index (χ1v) is 7.85. The van der Waals surface area contributed by atoms with Crippen molar-refractivity contribution >= 4 is 35.7 Å². The van der Waals surface area contributed by atoms with Crippen molar-refractivity contribution in [2.45, 2.75) is 19.6 Å². The second kappa shape index (κ2) is 9.44. The van der Waals surface area contributed by atoms with Gasteiger partial charge in [0.2, 0.25) is 0 Å². The molecule has 0 spiro atoms. The number of ether oxygens (including phenoxy) is 1. The molecule has 1 unspecified atom stereocenters. The summed E-state index contributed by atoms with van der Waals surface area (Å²) in [7, 11) is 0. The summed E-state index contributed by atoms with van der Waals surface area (Å²) < 4.78 is 5.56. The van der Waals surface area contributed by atoms with E-state index in [2.05, 4.69) is 5.32 Å². The molecule has 0 aliphatic carbocycles. The third-order valence-corrected chi connectivity index (χ3v) is 3.67. The fourth-order valence-electron chi connectivity index (χ4n) is 2.18. The number of nitrogen functional groups attached to an aromatic ring is 2. The average molecular weight is 392 g/mol. The average Bonchev–Trinajstić information content (AvgIpc) is 2.60. The first-order valence-electron chi connectivity index (χ1n) is 7.85. The predicted molar refractivity (Wildman–Crippen MR) is 106 cm³/mol. The topological polar surface area (TPSA) is 157 Å². The summed E-state index contributed by atoms with van der Waals surface area (Å²) in [4.78, 5) is 23.5. The summed E-state index contributed by atoms with van der Waals surface area (Å²) in [6.45, 7) is 1.66. The van der Waals surface area contributed by atoms with Gasteiger partial charge in [0, 0.05) is 28.9 Å². The maximum absolute atomic E-state index is 12.3. The Bertz CT molecular complexity index is 857. The van der Waals surface area contributed by atoms with Gasteiger partial charge in [0.05, 0.1) is 0 Å². The Balaban J connectivity index is 0.00000364. The van der Waals surface area contributed by atoms with Crippen molar-refractivity contribution in [1.29, 1.82) is 5.41 Å². The van der Waals surface area contributed by atoms with Gasteiger partial charge in [-0.1, -0.05) is 18.2 Å². The van der Waals surface area contributed by atoms with Crippen LogP contribution in [0.25, 0.3) is 0 Å². The van der Waals surface area contributed by atoms with E-state index in [1.165, 1.54) is 13.0 Å². The Morgan fingerprint density at radius 2 is 1.85 bits per heavy atom. The van der Waals surface area contributed by atoms with E-state index in [1.807, 2.05) is 0 Å². The molecule has 1 atom stereocenters. The van der Waals surface area contributed by atoms with Gasteiger partial charge in [-0.15, -0.1) is 12.4 Å². The van der Waals surface area contributed by atoms with Crippen LogP contribution in [0.4, 0.5) is 5.69 Å². The first-order chi connectivity index (χ1) is 12.3. The third-order valence-electron chi connectivity index (χ3n) is 3.67. The molecule has 2 rings (SSSR count). The molecule has 2 amide bonds. The molecule has 9 heteroatoms. The Morgan fingerprint density at radius 3 is 2.44 bits per heavy atom. The van der Waals surface area contributed by atoms with E-state index >= 15 is 0 Å². The molecule has 0 radical (unpaired) electrons. The minimum atomic E-state index is -0.874. The molecule has 0 fully saturated rings. The molecule has 27 heavy (non-hydrogen) atoms. The van der Waals surface area contributed by atoms with Crippen molar-refractivity contribution in [2.75, 3.05) is 5.73 Å². The molecule has 0 aromatic heterocycles. The zero-order valence-electron chi connectivity index (χ0n) is 14.7. The van der Waals surface area contributed by atoms with Crippen molar-refractivity contribution in [3.8, 4) is 5.75 Å². The number of carbonyl (C=O) groups is 2. The highest BCUT2D eigenvalue weighted by Gasteiger charge is 2.15. The lowest BCUT2D eigenvalue weighted by atomic mass is 10.1. The summed E-state index contributed by atoms with van der Waals surface area (Å²) in [6, 6.07) is 11.4. The molecular formula is C18H22ClN5O3. The van der Waals surface area contributed by atoms with E-state index < -0.39 is 12.0 Å². The second-order valence-electron chi connectivity index (χ2n) is 5.71. The third kappa shape index (κ3) is 5.89. The molecule has 0 saturated heterocycles.